The quantitative estimate of drug-likeness (QED) is 0.457. The molecule has 4 aliphatic rings. The molecule has 0 spiro atoms. The maximum atomic E-state index is 8.76. The van der Waals surface area contributed by atoms with Gasteiger partial charge in [0.1, 0.15) is 11.5 Å². The van der Waals surface area contributed by atoms with Gasteiger partial charge in [-0.25, -0.2) is 0 Å². The summed E-state index contributed by atoms with van der Waals surface area (Å²) in [5.74, 6) is 5.37. The molecule has 2 N–H and O–H groups in total. The molecule has 4 aliphatic carbocycles. The van der Waals surface area contributed by atoms with Crippen LogP contribution in [-0.2, 0) is 0 Å². The van der Waals surface area contributed by atoms with Gasteiger partial charge < -0.3 is 10.2 Å². The molecule has 0 aliphatic heterocycles. The molecule has 0 atom stereocenters. The number of aryl methyl sites for hydroxylation is 2. The molecule has 2 aromatic carbocycles. The molecular formula is C28H44O2. The summed E-state index contributed by atoms with van der Waals surface area (Å²) in [4.78, 5) is 0. The van der Waals surface area contributed by atoms with Crippen LogP contribution in [0.1, 0.15) is 77.3 Å². The van der Waals surface area contributed by atoms with Crippen LogP contribution in [0, 0.1) is 37.5 Å². The van der Waals surface area contributed by atoms with E-state index in [1.165, 1.54) is 34.8 Å². The summed E-state index contributed by atoms with van der Waals surface area (Å²) in [6.07, 6.45) is 9.62. The molecule has 2 heteroatoms. The van der Waals surface area contributed by atoms with Gasteiger partial charge >= 0.3 is 0 Å². The van der Waals surface area contributed by atoms with Crippen LogP contribution in [0.4, 0.5) is 0 Å². The highest BCUT2D eigenvalue weighted by Crippen LogP contribution is 2.53. The first kappa shape index (κ1) is 26.1. The third-order valence-electron chi connectivity index (χ3n) is 6.07. The van der Waals surface area contributed by atoms with Crippen LogP contribution in [-0.4, -0.2) is 10.2 Å². The molecule has 168 valence electrons. The Morgan fingerprint density at radius 3 is 0.833 bits per heavy atom. The molecule has 4 saturated carbocycles. The fraction of sp³-hybridized carbons (Fsp3) is 0.571. The normalized spacial score (nSPS) is 24.5. The SMILES string of the molecule is C1C2CC3CC1CC(C2)C3.CC.CC.Cc1ccc(O)cc1.Cc1ccc(O)cc1. The molecule has 2 aromatic rings. The molecule has 6 rings (SSSR count). The highest BCUT2D eigenvalue weighted by molar-refractivity contribution is 5.25. The van der Waals surface area contributed by atoms with E-state index in [1.807, 2.05) is 65.8 Å². The maximum Gasteiger partial charge on any atom is 0.115 e. The zero-order valence-corrected chi connectivity index (χ0v) is 20.1. The van der Waals surface area contributed by atoms with Gasteiger partial charge in [-0.05, 0) is 100 Å². The van der Waals surface area contributed by atoms with E-state index in [-0.39, 0.29) is 0 Å². The monoisotopic (exact) mass is 412 g/mol. The van der Waals surface area contributed by atoms with Crippen molar-refractivity contribution >= 4 is 0 Å². The third-order valence-corrected chi connectivity index (χ3v) is 6.07. The molecule has 30 heavy (non-hydrogen) atoms. The summed E-state index contributed by atoms with van der Waals surface area (Å²) >= 11 is 0. The van der Waals surface area contributed by atoms with Crippen molar-refractivity contribution in [3.05, 3.63) is 59.7 Å². The highest BCUT2D eigenvalue weighted by atomic mass is 16.3. The summed E-state index contributed by atoms with van der Waals surface area (Å²) in [5.41, 5.74) is 2.34. The molecule has 4 bridgehead atoms. The lowest BCUT2D eigenvalue weighted by Crippen LogP contribution is -2.38. The van der Waals surface area contributed by atoms with Crippen LogP contribution in [0.25, 0.3) is 0 Å². The van der Waals surface area contributed by atoms with E-state index in [0.29, 0.717) is 11.5 Å². The lowest BCUT2D eigenvalue weighted by Gasteiger charge is -2.49. The Kier molecular flexibility index (Phi) is 12.3. The molecule has 0 unspecified atom stereocenters. The van der Waals surface area contributed by atoms with Gasteiger partial charge in [0.05, 0.1) is 0 Å². The van der Waals surface area contributed by atoms with Gasteiger partial charge in [0.2, 0.25) is 0 Å². The van der Waals surface area contributed by atoms with E-state index >= 15 is 0 Å². The second-order valence-electron chi connectivity index (χ2n) is 8.55. The van der Waals surface area contributed by atoms with E-state index in [1.54, 1.807) is 62.8 Å². The average molecular weight is 413 g/mol. The van der Waals surface area contributed by atoms with Crippen molar-refractivity contribution in [1.82, 2.24) is 0 Å². The molecule has 0 heterocycles. The van der Waals surface area contributed by atoms with Gasteiger partial charge in [-0.15, -0.1) is 0 Å². The van der Waals surface area contributed by atoms with Crippen LogP contribution in [0.5, 0.6) is 11.5 Å². The van der Waals surface area contributed by atoms with Crippen molar-refractivity contribution in [1.29, 1.82) is 0 Å². The fourth-order valence-electron chi connectivity index (χ4n) is 5.07. The molecular weight excluding hydrogens is 368 g/mol. The number of hydrogen-bond acceptors (Lipinski definition) is 2. The average Bonchev–Trinajstić information content (AvgIpc) is 2.75. The minimum Gasteiger partial charge on any atom is -0.508 e. The van der Waals surface area contributed by atoms with Crippen LogP contribution < -0.4 is 0 Å². The molecule has 0 saturated heterocycles. The number of phenols is 2. The van der Waals surface area contributed by atoms with Crippen LogP contribution in [0.2, 0.25) is 0 Å². The van der Waals surface area contributed by atoms with E-state index in [0.717, 1.165) is 0 Å². The first-order valence-electron chi connectivity index (χ1n) is 12.0. The van der Waals surface area contributed by atoms with Gasteiger partial charge in [-0.3, -0.25) is 0 Å². The van der Waals surface area contributed by atoms with Crippen molar-refractivity contribution in [2.75, 3.05) is 0 Å². The molecule has 0 aromatic heterocycles. The topological polar surface area (TPSA) is 40.5 Å². The van der Waals surface area contributed by atoms with E-state index in [9.17, 15) is 0 Å². The third kappa shape index (κ3) is 9.24. The molecule has 2 nitrogen and oxygen atoms in total. The Morgan fingerprint density at radius 1 is 0.467 bits per heavy atom. The van der Waals surface area contributed by atoms with Gasteiger partial charge in [0.25, 0.3) is 0 Å². The molecule has 0 amide bonds. The van der Waals surface area contributed by atoms with Crippen LogP contribution in [0.3, 0.4) is 0 Å². The van der Waals surface area contributed by atoms with E-state index in [4.69, 9.17) is 10.2 Å². The Bertz CT molecular complexity index is 531. The fourth-order valence-corrected chi connectivity index (χ4v) is 5.07. The largest absolute Gasteiger partial charge is 0.508 e. The predicted molar refractivity (Wildman–Crippen MR) is 130 cm³/mol. The Morgan fingerprint density at radius 2 is 0.667 bits per heavy atom. The predicted octanol–water partition coefficient (Wildman–Crippen LogP) is 8.29. The van der Waals surface area contributed by atoms with Crippen molar-refractivity contribution in [3.8, 4) is 11.5 Å². The minimum atomic E-state index is 0.329. The van der Waals surface area contributed by atoms with Gasteiger partial charge in [-0.2, -0.15) is 0 Å². The summed E-state index contributed by atoms with van der Waals surface area (Å²) < 4.78 is 0. The standard InChI is InChI=1S/C10H16.2C7H8O.2C2H6/c1-7-2-9-4-8(1)5-10(3-7)6-9;2*1-6-2-4-7(8)5-3-6;2*1-2/h7-10H,1-6H2;2*2-5,8H,1H3;2*1-2H3. The van der Waals surface area contributed by atoms with Crippen molar-refractivity contribution < 1.29 is 10.2 Å². The second-order valence-corrected chi connectivity index (χ2v) is 8.55. The second kappa shape index (κ2) is 14.1. The van der Waals surface area contributed by atoms with Gasteiger partial charge in [0.15, 0.2) is 0 Å². The van der Waals surface area contributed by atoms with Gasteiger partial charge in [-0.1, -0.05) is 63.1 Å². The number of phenolic OH excluding ortho intramolecular Hbond substituents is 2. The van der Waals surface area contributed by atoms with Gasteiger partial charge in [0, 0.05) is 0 Å². The molecule has 4 fully saturated rings. The number of rotatable bonds is 0. The first-order chi connectivity index (χ1) is 14.5. The lowest BCUT2D eigenvalue weighted by atomic mass is 9.56. The van der Waals surface area contributed by atoms with Crippen LogP contribution in [0.15, 0.2) is 48.5 Å². The van der Waals surface area contributed by atoms with Crippen molar-refractivity contribution in [2.24, 2.45) is 23.7 Å². The Labute approximate surface area is 185 Å². The Hall–Kier alpha value is -1.96. The van der Waals surface area contributed by atoms with Crippen molar-refractivity contribution in [3.63, 3.8) is 0 Å². The zero-order chi connectivity index (χ0) is 22.5. The molecule has 0 radical (unpaired) electrons. The lowest BCUT2D eigenvalue weighted by molar-refractivity contribution is 0.0198. The maximum absolute atomic E-state index is 8.76. The summed E-state index contributed by atoms with van der Waals surface area (Å²) in [7, 11) is 0. The number of hydrogen-bond donors (Lipinski definition) is 2. The highest BCUT2D eigenvalue weighted by Gasteiger charge is 2.41. The summed E-state index contributed by atoms with van der Waals surface area (Å²) in [6, 6.07) is 14.2. The van der Waals surface area contributed by atoms with Crippen LogP contribution >= 0.6 is 0 Å². The summed E-state index contributed by atoms with van der Waals surface area (Å²) in [6.45, 7) is 12.0. The minimum absolute atomic E-state index is 0.329. The van der Waals surface area contributed by atoms with E-state index < -0.39 is 0 Å². The van der Waals surface area contributed by atoms with E-state index in [2.05, 4.69) is 0 Å². The zero-order valence-electron chi connectivity index (χ0n) is 20.1. The summed E-state index contributed by atoms with van der Waals surface area (Å²) in [5, 5.41) is 17.5. The number of aromatic hydroxyl groups is 2. The van der Waals surface area contributed by atoms with Crippen molar-refractivity contribution in [2.45, 2.75) is 80.1 Å². The smallest absolute Gasteiger partial charge is 0.115 e. The first-order valence-corrected chi connectivity index (χ1v) is 12.0. The Balaban J connectivity index is 0.000000210. The number of benzene rings is 2.